The van der Waals surface area contributed by atoms with E-state index in [2.05, 4.69) is 34.7 Å². The Morgan fingerprint density at radius 2 is 1.06 bits per heavy atom. The van der Waals surface area contributed by atoms with E-state index in [4.69, 9.17) is 0 Å². The minimum absolute atomic E-state index is 1.13. The fraction of sp³-hybridized carbons (Fsp3) is 1.00. The third-order valence-electron chi connectivity index (χ3n) is 3.51. The lowest BCUT2D eigenvalue weighted by molar-refractivity contribution is 0.0578. The SMILES string of the molecule is CCCCCNN1CCN(NCCCCC)CC1. The van der Waals surface area contributed by atoms with E-state index in [9.17, 15) is 0 Å². The van der Waals surface area contributed by atoms with Crippen molar-refractivity contribution in [3.63, 3.8) is 0 Å². The molecule has 0 saturated carbocycles. The molecule has 1 rings (SSSR count). The Morgan fingerprint density at radius 1 is 0.667 bits per heavy atom. The average molecular weight is 256 g/mol. The quantitative estimate of drug-likeness (QED) is 0.585. The Labute approximate surface area is 113 Å². The molecule has 0 unspecified atom stereocenters. The number of hydrazine groups is 2. The van der Waals surface area contributed by atoms with E-state index >= 15 is 0 Å². The second-order valence-electron chi connectivity index (χ2n) is 5.20. The number of nitrogens with zero attached hydrogens (tertiary/aromatic N) is 2. The summed E-state index contributed by atoms with van der Waals surface area (Å²) in [4.78, 5) is 0. The third kappa shape index (κ3) is 7.31. The van der Waals surface area contributed by atoms with Crippen molar-refractivity contribution in [3.8, 4) is 0 Å². The van der Waals surface area contributed by atoms with E-state index in [1.165, 1.54) is 38.5 Å². The molecule has 108 valence electrons. The summed E-state index contributed by atoms with van der Waals surface area (Å²) in [7, 11) is 0. The van der Waals surface area contributed by atoms with E-state index < -0.39 is 0 Å². The van der Waals surface area contributed by atoms with Crippen molar-refractivity contribution in [2.24, 2.45) is 0 Å². The lowest BCUT2D eigenvalue weighted by Crippen LogP contribution is -2.55. The summed E-state index contributed by atoms with van der Waals surface area (Å²) in [6, 6.07) is 0. The molecule has 2 N–H and O–H groups in total. The van der Waals surface area contributed by atoms with Crippen molar-refractivity contribution < 1.29 is 0 Å². The fourth-order valence-corrected chi connectivity index (χ4v) is 2.25. The molecule has 0 aromatic rings. The normalized spacial score (nSPS) is 18.3. The molecule has 0 aromatic heterocycles. The predicted molar refractivity (Wildman–Crippen MR) is 78.2 cm³/mol. The van der Waals surface area contributed by atoms with Crippen molar-refractivity contribution in [2.45, 2.75) is 52.4 Å². The highest BCUT2D eigenvalue weighted by Gasteiger charge is 2.15. The van der Waals surface area contributed by atoms with Gasteiger partial charge in [-0.1, -0.05) is 39.5 Å². The fourth-order valence-electron chi connectivity index (χ4n) is 2.25. The summed E-state index contributed by atoms with van der Waals surface area (Å²) in [5.41, 5.74) is 7.06. The second-order valence-corrected chi connectivity index (χ2v) is 5.20. The Hall–Kier alpha value is -0.160. The highest BCUT2D eigenvalue weighted by molar-refractivity contribution is 4.66. The van der Waals surface area contributed by atoms with Gasteiger partial charge in [0, 0.05) is 39.3 Å². The molecule has 4 nitrogen and oxygen atoms in total. The molecule has 1 fully saturated rings. The first-order chi connectivity index (χ1) is 8.86. The van der Waals surface area contributed by atoms with Crippen molar-refractivity contribution in [2.75, 3.05) is 39.3 Å². The lowest BCUT2D eigenvalue weighted by Gasteiger charge is -2.35. The van der Waals surface area contributed by atoms with E-state index in [0.717, 1.165) is 39.3 Å². The average Bonchev–Trinajstić information content (AvgIpc) is 2.41. The Bertz CT molecular complexity index is 159. The molecule has 0 radical (unpaired) electrons. The van der Waals surface area contributed by atoms with E-state index in [-0.39, 0.29) is 0 Å². The van der Waals surface area contributed by atoms with Crippen LogP contribution in [-0.4, -0.2) is 49.3 Å². The summed E-state index contributed by atoms with van der Waals surface area (Å²) >= 11 is 0. The molecule has 1 heterocycles. The molecule has 0 atom stereocenters. The van der Waals surface area contributed by atoms with Gasteiger partial charge in [0.15, 0.2) is 0 Å². The van der Waals surface area contributed by atoms with Gasteiger partial charge in [-0.15, -0.1) is 0 Å². The highest BCUT2D eigenvalue weighted by atomic mass is 15.6. The van der Waals surface area contributed by atoms with Gasteiger partial charge in [0.25, 0.3) is 0 Å². The molecule has 4 heteroatoms. The monoisotopic (exact) mass is 256 g/mol. The maximum Gasteiger partial charge on any atom is 0.0273 e. The number of hydrogen-bond donors (Lipinski definition) is 2. The first kappa shape index (κ1) is 15.9. The molecule has 0 aliphatic carbocycles. The van der Waals surface area contributed by atoms with Gasteiger partial charge in [0.2, 0.25) is 0 Å². The van der Waals surface area contributed by atoms with Crippen molar-refractivity contribution >= 4 is 0 Å². The Kier molecular flexibility index (Phi) is 9.48. The second kappa shape index (κ2) is 10.7. The molecular weight excluding hydrogens is 224 g/mol. The predicted octanol–water partition coefficient (Wildman–Crippen LogP) is 1.99. The zero-order valence-corrected chi connectivity index (χ0v) is 12.4. The molecule has 0 aromatic carbocycles. The van der Waals surface area contributed by atoms with Crippen LogP contribution in [0.2, 0.25) is 0 Å². The minimum atomic E-state index is 1.13. The number of nitrogens with one attached hydrogen (secondary N) is 2. The van der Waals surface area contributed by atoms with Crippen LogP contribution in [0, 0.1) is 0 Å². The smallest absolute Gasteiger partial charge is 0.0273 e. The van der Waals surface area contributed by atoms with Crippen LogP contribution in [0.5, 0.6) is 0 Å². The van der Waals surface area contributed by atoms with Crippen LogP contribution in [0.25, 0.3) is 0 Å². The molecule has 1 saturated heterocycles. The Balaban J connectivity index is 1.95. The van der Waals surface area contributed by atoms with Crippen molar-refractivity contribution in [1.29, 1.82) is 0 Å². The van der Waals surface area contributed by atoms with Gasteiger partial charge in [-0.2, -0.15) is 0 Å². The van der Waals surface area contributed by atoms with Crippen molar-refractivity contribution in [1.82, 2.24) is 20.9 Å². The zero-order chi connectivity index (χ0) is 13.1. The van der Waals surface area contributed by atoms with E-state index in [1.54, 1.807) is 0 Å². The molecular formula is C14H32N4. The van der Waals surface area contributed by atoms with E-state index in [0.29, 0.717) is 0 Å². The van der Waals surface area contributed by atoms with Gasteiger partial charge in [-0.3, -0.25) is 10.9 Å². The first-order valence-electron chi connectivity index (χ1n) is 7.83. The summed E-state index contributed by atoms with van der Waals surface area (Å²) in [5.74, 6) is 0. The van der Waals surface area contributed by atoms with Crippen LogP contribution in [0.1, 0.15) is 52.4 Å². The largest absolute Gasteiger partial charge is 0.255 e. The van der Waals surface area contributed by atoms with Crippen LogP contribution in [0.3, 0.4) is 0 Å². The summed E-state index contributed by atoms with van der Waals surface area (Å²) in [6.07, 6.45) is 7.88. The molecule has 0 amide bonds. The van der Waals surface area contributed by atoms with Crippen LogP contribution < -0.4 is 10.9 Å². The van der Waals surface area contributed by atoms with Crippen molar-refractivity contribution in [3.05, 3.63) is 0 Å². The standard InChI is InChI=1S/C14H32N4/c1-3-5-7-9-15-17-11-13-18(14-12-17)16-10-8-6-4-2/h15-16H,3-14H2,1-2H3. The van der Waals surface area contributed by atoms with Gasteiger partial charge in [-0.25, -0.2) is 10.0 Å². The molecule has 1 aliphatic rings. The van der Waals surface area contributed by atoms with E-state index in [1.807, 2.05) is 0 Å². The number of unbranched alkanes of at least 4 members (excludes halogenated alkanes) is 4. The van der Waals surface area contributed by atoms with Gasteiger partial charge in [0.05, 0.1) is 0 Å². The minimum Gasteiger partial charge on any atom is -0.255 e. The lowest BCUT2D eigenvalue weighted by atomic mass is 10.2. The molecule has 0 bridgehead atoms. The van der Waals surface area contributed by atoms with Gasteiger partial charge in [-0.05, 0) is 12.8 Å². The van der Waals surface area contributed by atoms with Gasteiger partial charge in [0.1, 0.15) is 0 Å². The summed E-state index contributed by atoms with van der Waals surface area (Å²) in [6.45, 7) is 11.3. The van der Waals surface area contributed by atoms with Crippen LogP contribution >= 0.6 is 0 Å². The summed E-state index contributed by atoms with van der Waals surface area (Å²) in [5, 5.41) is 4.75. The zero-order valence-electron chi connectivity index (χ0n) is 12.4. The number of rotatable bonds is 10. The number of hydrogen-bond acceptors (Lipinski definition) is 4. The van der Waals surface area contributed by atoms with Gasteiger partial charge < -0.3 is 0 Å². The Morgan fingerprint density at radius 3 is 1.39 bits per heavy atom. The molecule has 1 aliphatic heterocycles. The van der Waals surface area contributed by atoms with Crippen LogP contribution in [0.4, 0.5) is 0 Å². The summed E-state index contributed by atoms with van der Waals surface area (Å²) < 4.78 is 0. The maximum atomic E-state index is 3.53. The van der Waals surface area contributed by atoms with Crippen LogP contribution in [-0.2, 0) is 0 Å². The number of piperazine rings is 1. The van der Waals surface area contributed by atoms with Gasteiger partial charge >= 0.3 is 0 Å². The third-order valence-corrected chi connectivity index (χ3v) is 3.51. The van der Waals surface area contributed by atoms with Crippen LogP contribution in [0.15, 0.2) is 0 Å². The first-order valence-corrected chi connectivity index (χ1v) is 7.83. The highest BCUT2D eigenvalue weighted by Crippen LogP contribution is 1.98. The molecule has 0 spiro atoms. The topological polar surface area (TPSA) is 30.5 Å². The molecule has 18 heavy (non-hydrogen) atoms. The maximum absolute atomic E-state index is 3.53.